The predicted octanol–water partition coefficient (Wildman–Crippen LogP) is 1.90. The van der Waals surface area contributed by atoms with E-state index in [1.807, 2.05) is 18.2 Å². The molecule has 0 saturated carbocycles. The number of fused-ring (bicyclic) bond motifs is 1. The van der Waals surface area contributed by atoms with Crippen molar-refractivity contribution in [2.24, 2.45) is 0 Å². The van der Waals surface area contributed by atoms with Crippen LogP contribution in [0.3, 0.4) is 0 Å². The van der Waals surface area contributed by atoms with Gasteiger partial charge in [0.15, 0.2) is 0 Å². The lowest BCUT2D eigenvalue weighted by atomic mass is 10.1. The van der Waals surface area contributed by atoms with Crippen LogP contribution in [0.25, 0.3) is 0 Å². The summed E-state index contributed by atoms with van der Waals surface area (Å²) < 4.78 is 5.75. The summed E-state index contributed by atoms with van der Waals surface area (Å²) in [6.45, 7) is 4.12. The maximum absolute atomic E-state index is 13.2. The van der Waals surface area contributed by atoms with E-state index in [2.05, 4.69) is 27.2 Å². The number of carboxylic acid groups (broad SMARTS) is 2. The summed E-state index contributed by atoms with van der Waals surface area (Å²) in [4.78, 5) is 42.5. The molecule has 4 rings (SSSR count). The molecule has 2 aromatic rings. The van der Waals surface area contributed by atoms with Crippen LogP contribution in [0.2, 0.25) is 0 Å². The lowest BCUT2D eigenvalue weighted by molar-refractivity contribution is -0.141. The van der Waals surface area contributed by atoms with Crippen molar-refractivity contribution in [1.29, 1.82) is 0 Å². The number of hydrogen-bond donors (Lipinski definition) is 3. The fourth-order valence-electron chi connectivity index (χ4n) is 4.84. The Morgan fingerprint density at radius 1 is 0.973 bits per heavy atom. The third-order valence-electron chi connectivity index (χ3n) is 6.83. The van der Waals surface area contributed by atoms with E-state index in [1.165, 1.54) is 5.69 Å². The quantitative estimate of drug-likeness (QED) is 0.389. The van der Waals surface area contributed by atoms with Crippen molar-refractivity contribution in [3.05, 3.63) is 54.6 Å². The van der Waals surface area contributed by atoms with E-state index >= 15 is 0 Å². The zero-order valence-electron chi connectivity index (χ0n) is 20.8. The minimum atomic E-state index is -1.16. The van der Waals surface area contributed by atoms with Crippen LogP contribution < -0.4 is 19.9 Å². The van der Waals surface area contributed by atoms with Gasteiger partial charge in [-0.15, -0.1) is 0 Å². The number of rotatable bonds is 11. The molecule has 0 aromatic heterocycles. The average molecular weight is 511 g/mol. The highest BCUT2D eigenvalue weighted by atomic mass is 16.5. The number of nitrogens with one attached hydrogen (secondary N) is 1. The van der Waals surface area contributed by atoms with E-state index in [-0.39, 0.29) is 6.61 Å². The number of amides is 1. The van der Waals surface area contributed by atoms with E-state index in [0.29, 0.717) is 24.3 Å². The second-order valence-electron chi connectivity index (χ2n) is 9.37. The number of anilines is 2. The summed E-state index contributed by atoms with van der Waals surface area (Å²) in [6.07, 6.45) is 1.89. The average Bonchev–Trinajstić information content (AvgIpc) is 3.03. The van der Waals surface area contributed by atoms with Gasteiger partial charge in [-0.05, 0) is 43.7 Å². The van der Waals surface area contributed by atoms with Crippen molar-refractivity contribution in [1.82, 2.24) is 10.2 Å². The molecule has 0 aliphatic carbocycles. The Balaban J connectivity index is 1.27. The highest BCUT2D eigenvalue weighted by Gasteiger charge is 2.35. The molecular weight excluding hydrogens is 476 g/mol. The van der Waals surface area contributed by atoms with Crippen molar-refractivity contribution >= 4 is 29.2 Å². The summed E-state index contributed by atoms with van der Waals surface area (Å²) >= 11 is 0. The molecule has 2 aliphatic heterocycles. The predicted molar refractivity (Wildman–Crippen MR) is 139 cm³/mol. The molecular formula is C27H34N4O6. The third-order valence-corrected chi connectivity index (χ3v) is 6.83. The van der Waals surface area contributed by atoms with E-state index in [9.17, 15) is 24.6 Å². The molecule has 37 heavy (non-hydrogen) atoms. The van der Waals surface area contributed by atoms with Crippen LogP contribution in [0, 0.1) is 0 Å². The third kappa shape index (κ3) is 6.99. The molecule has 198 valence electrons. The smallest absolute Gasteiger partial charge is 0.323 e. The summed E-state index contributed by atoms with van der Waals surface area (Å²) in [7, 11) is 0. The maximum Gasteiger partial charge on any atom is 0.323 e. The fourth-order valence-corrected chi connectivity index (χ4v) is 4.84. The molecule has 1 fully saturated rings. The van der Waals surface area contributed by atoms with Gasteiger partial charge in [0.1, 0.15) is 31.0 Å². The van der Waals surface area contributed by atoms with Crippen LogP contribution in [0.1, 0.15) is 19.3 Å². The molecule has 1 saturated heterocycles. The van der Waals surface area contributed by atoms with Gasteiger partial charge in [0, 0.05) is 31.9 Å². The number of carbonyl (C=O) groups is 3. The molecule has 10 heteroatoms. The van der Waals surface area contributed by atoms with Gasteiger partial charge in [0.25, 0.3) is 0 Å². The molecule has 10 nitrogen and oxygen atoms in total. The van der Waals surface area contributed by atoms with E-state index < -0.39 is 36.5 Å². The lowest BCUT2D eigenvalue weighted by Gasteiger charge is -2.36. The molecule has 2 atom stereocenters. The monoisotopic (exact) mass is 510 g/mol. The molecule has 3 N–H and O–H groups in total. The fraction of sp³-hybridized carbons (Fsp3) is 0.444. The molecule has 2 aliphatic rings. The first-order valence-corrected chi connectivity index (χ1v) is 12.7. The first-order valence-electron chi connectivity index (χ1n) is 12.7. The number of aliphatic carboxylic acids is 2. The minimum absolute atomic E-state index is 0.0819. The Hall–Kier alpha value is -3.63. The van der Waals surface area contributed by atoms with Gasteiger partial charge in [-0.2, -0.15) is 0 Å². The Kier molecular flexibility index (Phi) is 8.97. The largest absolute Gasteiger partial charge is 0.489 e. The van der Waals surface area contributed by atoms with E-state index in [0.717, 1.165) is 44.0 Å². The van der Waals surface area contributed by atoms with Crippen molar-refractivity contribution in [2.75, 3.05) is 55.7 Å². The number of unbranched alkanes of at least 4 members (excludes halogenated alkanes) is 1. The van der Waals surface area contributed by atoms with Gasteiger partial charge in [-0.1, -0.05) is 36.8 Å². The second-order valence-corrected chi connectivity index (χ2v) is 9.37. The van der Waals surface area contributed by atoms with Gasteiger partial charge < -0.3 is 19.8 Å². The maximum atomic E-state index is 13.2. The van der Waals surface area contributed by atoms with Crippen molar-refractivity contribution in [3.63, 3.8) is 0 Å². The van der Waals surface area contributed by atoms with Crippen molar-refractivity contribution in [3.8, 4) is 5.75 Å². The first-order chi connectivity index (χ1) is 17.9. The van der Waals surface area contributed by atoms with Gasteiger partial charge in [-0.3, -0.25) is 29.5 Å². The number of nitrogens with zero attached hydrogens (tertiary/aromatic N) is 3. The van der Waals surface area contributed by atoms with Crippen molar-refractivity contribution in [2.45, 2.75) is 31.3 Å². The number of hydrogen-bond acceptors (Lipinski definition) is 7. The highest BCUT2D eigenvalue weighted by Crippen LogP contribution is 2.31. The Morgan fingerprint density at radius 3 is 2.38 bits per heavy atom. The van der Waals surface area contributed by atoms with Gasteiger partial charge in [0.2, 0.25) is 5.91 Å². The Morgan fingerprint density at radius 2 is 1.68 bits per heavy atom. The van der Waals surface area contributed by atoms with Crippen LogP contribution in [0.15, 0.2) is 54.6 Å². The molecule has 2 heterocycles. The van der Waals surface area contributed by atoms with Gasteiger partial charge in [-0.25, -0.2) is 0 Å². The van der Waals surface area contributed by atoms with Crippen LogP contribution in [-0.4, -0.2) is 90.9 Å². The number of benzene rings is 2. The number of carbonyl (C=O) groups excluding carboxylic acids is 1. The summed E-state index contributed by atoms with van der Waals surface area (Å²) in [6, 6.07) is 15.1. The van der Waals surface area contributed by atoms with Crippen LogP contribution >= 0.6 is 0 Å². The van der Waals surface area contributed by atoms with Crippen LogP contribution in [0.5, 0.6) is 5.75 Å². The zero-order valence-corrected chi connectivity index (χ0v) is 20.8. The molecule has 0 spiro atoms. The summed E-state index contributed by atoms with van der Waals surface area (Å²) in [5.74, 6) is -2.34. The van der Waals surface area contributed by atoms with Crippen LogP contribution in [0.4, 0.5) is 11.4 Å². The van der Waals surface area contributed by atoms with E-state index in [4.69, 9.17) is 4.74 Å². The number of ether oxygens (including phenoxy) is 1. The molecule has 0 radical (unpaired) electrons. The number of carboxylic acids is 2. The zero-order chi connectivity index (χ0) is 26.2. The van der Waals surface area contributed by atoms with Gasteiger partial charge >= 0.3 is 11.9 Å². The topological polar surface area (TPSA) is 123 Å². The standard InChI is InChI=1S/C27H34N4O6/c32-25(33)18-31-23-11-4-5-12-24(23)37-19-22(26(31)34)28-21(27(35)36)10-6-7-13-29-14-16-30(17-15-29)20-8-2-1-3-9-20/h1-5,8-9,11-12,21-22,28H,6-7,10,13-19H2,(H,32,33)(H,35,36)/t21-,22?/m0/s1. The van der Waals surface area contributed by atoms with Gasteiger partial charge in [0.05, 0.1) is 5.69 Å². The first kappa shape index (κ1) is 26.4. The molecule has 2 aromatic carbocycles. The normalized spacial score (nSPS) is 19.0. The molecule has 1 unspecified atom stereocenters. The molecule has 0 bridgehead atoms. The van der Waals surface area contributed by atoms with Crippen LogP contribution in [-0.2, 0) is 14.4 Å². The SMILES string of the molecule is O=C(O)CN1C(=O)C(N[C@@H](CCCCN2CCN(c3ccccc3)CC2)C(=O)O)COc2ccccc21. The summed E-state index contributed by atoms with van der Waals surface area (Å²) in [5, 5.41) is 22.0. The Labute approximate surface area is 216 Å². The van der Waals surface area contributed by atoms with E-state index in [1.54, 1.807) is 24.3 Å². The highest BCUT2D eigenvalue weighted by molar-refractivity contribution is 6.02. The lowest BCUT2D eigenvalue weighted by Crippen LogP contribution is -2.54. The summed E-state index contributed by atoms with van der Waals surface area (Å²) in [5.41, 5.74) is 1.60. The second kappa shape index (κ2) is 12.6. The Bertz CT molecular complexity index is 1070. The number of piperazine rings is 1. The molecule has 1 amide bonds. The minimum Gasteiger partial charge on any atom is -0.489 e. The van der Waals surface area contributed by atoms with Crippen molar-refractivity contribution < 1.29 is 29.3 Å². The number of para-hydroxylation sites is 3.